The van der Waals surface area contributed by atoms with Crippen molar-refractivity contribution in [1.82, 2.24) is 4.90 Å². The Morgan fingerprint density at radius 2 is 2.05 bits per heavy atom. The number of hydrogen-bond donors (Lipinski definition) is 2. The fourth-order valence-corrected chi connectivity index (χ4v) is 2.41. The van der Waals surface area contributed by atoms with Gasteiger partial charge in [-0.2, -0.15) is 0 Å². The number of carbonyl (C=O) groups is 1. The molecule has 20 heavy (non-hydrogen) atoms. The van der Waals surface area contributed by atoms with Crippen molar-refractivity contribution in [2.24, 2.45) is 5.92 Å². The van der Waals surface area contributed by atoms with Crippen molar-refractivity contribution in [3.8, 4) is 0 Å². The van der Waals surface area contributed by atoms with Gasteiger partial charge in [-0.25, -0.2) is 4.79 Å². The Morgan fingerprint density at radius 1 is 1.40 bits per heavy atom. The zero-order valence-corrected chi connectivity index (χ0v) is 13.2. The number of likely N-dealkylation sites (N-methyl/N-ethyl adjacent to an activating group) is 1. The Labute approximate surface area is 125 Å². The van der Waals surface area contributed by atoms with Crippen molar-refractivity contribution < 1.29 is 9.90 Å². The van der Waals surface area contributed by atoms with E-state index in [0.29, 0.717) is 10.9 Å². The summed E-state index contributed by atoms with van der Waals surface area (Å²) < 4.78 is 0. The summed E-state index contributed by atoms with van der Waals surface area (Å²) in [5.41, 5.74) is 0.984. The van der Waals surface area contributed by atoms with E-state index in [1.165, 1.54) is 6.07 Å². The third-order valence-electron chi connectivity index (χ3n) is 2.92. The minimum Gasteiger partial charge on any atom is -0.478 e. The highest BCUT2D eigenvalue weighted by molar-refractivity contribution is 6.33. The number of nitrogens with zero attached hydrogens (tertiary/aromatic N) is 1. The molecule has 4 nitrogen and oxygen atoms in total. The van der Waals surface area contributed by atoms with E-state index >= 15 is 0 Å². The summed E-state index contributed by atoms with van der Waals surface area (Å²) in [6.45, 7) is 5.26. The van der Waals surface area contributed by atoms with Crippen LogP contribution in [0.2, 0.25) is 5.02 Å². The number of anilines is 1. The highest BCUT2D eigenvalue weighted by atomic mass is 35.5. The Balaban J connectivity index is 2.84. The van der Waals surface area contributed by atoms with Gasteiger partial charge in [0.1, 0.15) is 0 Å². The molecule has 0 heterocycles. The van der Waals surface area contributed by atoms with E-state index in [1.807, 2.05) is 14.1 Å². The molecule has 112 valence electrons. The summed E-state index contributed by atoms with van der Waals surface area (Å²) in [5, 5.41) is 12.8. The van der Waals surface area contributed by atoms with Gasteiger partial charge in [-0.3, -0.25) is 0 Å². The fraction of sp³-hybridized carbons (Fsp3) is 0.533. The first kappa shape index (κ1) is 16.8. The van der Waals surface area contributed by atoms with Crippen molar-refractivity contribution >= 4 is 23.3 Å². The zero-order chi connectivity index (χ0) is 15.3. The molecule has 0 spiro atoms. The minimum absolute atomic E-state index is 0.202. The van der Waals surface area contributed by atoms with Crippen molar-refractivity contribution in [2.75, 3.05) is 26.0 Å². The second kappa shape index (κ2) is 7.50. The molecular formula is C15H23ClN2O2. The predicted molar refractivity (Wildman–Crippen MR) is 83.8 cm³/mol. The number of benzene rings is 1. The fourth-order valence-electron chi connectivity index (χ4n) is 2.17. The minimum atomic E-state index is -0.967. The summed E-state index contributed by atoms with van der Waals surface area (Å²) in [6, 6.07) is 5.06. The molecule has 1 aromatic rings. The monoisotopic (exact) mass is 298 g/mol. The first-order chi connectivity index (χ1) is 9.29. The highest BCUT2D eigenvalue weighted by Crippen LogP contribution is 2.25. The predicted octanol–water partition coefficient (Wildman–Crippen LogP) is 3.43. The molecule has 0 fully saturated rings. The van der Waals surface area contributed by atoms with Crippen LogP contribution in [-0.4, -0.2) is 42.7 Å². The lowest BCUT2D eigenvalue weighted by Gasteiger charge is -2.25. The molecular weight excluding hydrogens is 276 g/mol. The molecule has 1 rings (SSSR count). The van der Waals surface area contributed by atoms with E-state index in [0.717, 1.165) is 18.7 Å². The van der Waals surface area contributed by atoms with E-state index < -0.39 is 5.97 Å². The molecule has 2 N–H and O–H groups in total. The third kappa shape index (κ3) is 5.39. The van der Waals surface area contributed by atoms with Crippen molar-refractivity contribution in [1.29, 1.82) is 0 Å². The van der Waals surface area contributed by atoms with Gasteiger partial charge in [0.15, 0.2) is 0 Å². The molecule has 0 saturated carbocycles. The number of rotatable bonds is 7. The van der Waals surface area contributed by atoms with Gasteiger partial charge in [0.2, 0.25) is 0 Å². The van der Waals surface area contributed by atoms with Crippen LogP contribution in [0.4, 0.5) is 5.69 Å². The highest BCUT2D eigenvalue weighted by Gasteiger charge is 2.14. The summed E-state index contributed by atoms with van der Waals surface area (Å²) in [4.78, 5) is 13.0. The molecule has 0 aromatic heterocycles. The van der Waals surface area contributed by atoms with E-state index in [4.69, 9.17) is 16.7 Å². The molecule has 0 bridgehead atoms. The Morgan fingerprint density at radius 3 is 2.50 bits per heavy atom. The SMILES string of the molecule is CC(C)CC(CN(C)C)Nc1ccc(C(=O)O)cc1Cl. The smallest absolute Gasteiger partial charge is 0.335 e. The van der Waals surface area contributed by atoms with Gasteiger partial charge in [-0.15, -0.1) is 0 Å². The van der Waals surface area contributed by atoms with Gasteiger partial charge in [-0.05, 0) is 44.6 Å². The molecule has 0 amide bonds. The van der Waals surface area contributed by atoms with E-state index in [9.17, 15) is 4.79 Å². The van der Waals surface area contributed by atoms with Gasteiger partial charge in [0.05, 0.1) is 16.3 Å². The van der Waals surface area contributed by atoms with Gasteiger partial charge in [0.25, 0.3) is 0 Å². The van der Waals surface area contributed by atoms with Crippen LogP contribution >= 0.6 is 11.6 Å². The van der Waals surface area contributed by atoms with Crippen molar-refractivity contribution in [3.05, 3.63) is 28.8 Å². The Hall–Kier alpha value is -1.26. The lowest BCUT2D eigenvalue weighted by molar-refractivity contribution is 0.0697. The number of carboxylic acids is 1. The Kier molecular flexibility index (Phi) is 6.30. The number of nitrogens with one attached hydrogen (secondary N) is 1. The van der Waals surface area contributed by atoms with E-state index in [2.05, 4.69) is 24.1 Å². The van der Waals surface area contributed by atoms with Crippen LogP contribution < -0.4 is 5.32 Å². The third-order valence-corrected chi connectivity index (χ3v) is 3.23. The molecule has 0 aliphatic rings. The maximum Gasteiger partial charge on any atom is 0.335 e. The van der Waals surface area contributed by atoms with Crippen LogP contribution in [0, 0.1) is 5.92 Å². The summed E-state index contributed by atoms with van der Waals surface area (Å²) >= 11 is 6.15. The van der Waals surface area contributed by atoms with Crippen molar-refractivity contribution in [2.45, 2.75) is 26.3 Å². The standard InChI is InChI=1S/C15H23ClN2O2/c1-10(2)7-12(9-18(3)4)17-14-6-5-11(15(19)20)8-13(14)16/h5-6,8,10,12,17H,7,9H2,1-4H3,(H,19,20). The number of aromatic carboxylic acids is 1. The molecule has 5 heteroatoms. The Bertz CT molecular complexity index is 451. The zero-order valence-electron chi connectivity index (χ0n) is 12.5. The normalized spacial score (nSPS) is 12.8. The van der Waals surface area contributed by atoms with E-state index in [-0.39, 0.29) is 11.6 Å². The number of carboxylic acid groups (broad SMARTS) is 1. The number of halogens is 1. The topological polar surface area (TPSA) is 52.6 Å². The van der Waals surface area contributed by atoms with Crippen LogP contribution in [0.3, 0.4) is 0 Å². The largest absolute Gasteiger partial charge is 0.478 e. The molecule has 0 aliphatic heterocycles. The maximum atomic E-state index is 10.9. The quantitative estimate of drug-likeness (QED) is 0.810. The average Bonchev–Trinajstić information content (AvgIpc) is 2.29. The van der Waals surface area contributed by atoms with Gasteiger partial charge >= 0.3 is 5.97 Å². The summed E-state index contributed by atoms with van der Waals surface area (Å²) in [7, 11) is 4.06. The first-order valence-corrected chi connectivity index (χ1v) is 7.11. The lowest BCUT2D eigenvalue weighted by Crippen LogP contribution is -2.33. The molecule has 1 atom stereocenters. The maximum absolute atomic E-state index is 10.9. The molecule has 0 radical (unpaired) electrons. The first-order valence-electron chi connectivity index (χ1n) is 6.73. The summed E-state index contributed by atoms with van der Waals surface area (Å²) in [6.07, 6.45) is 1.02. The van der Waals surface area contributed by atoms with Gasteiger partial charge in [-0.1, -0.05) is 25.4 Å². The van der Waals surface area contributed by atoms with E-state index in [1.54, 1.807) is 12.1 Å². The second-order valence-corrected chi connectivity index (χ2v) is 6.14. The molecule has 1 unspecified atom stereocenters. The van der Waals surface area contributed by atoms with Crippen LogP contribution in [0.25, 0.3) is 0 Å². The molecule has 1 aromatic carbocycles. The second-order valence-electron chi connectivity index (χ2n) is 5.73. The summed E-state index contributed by atoms with van der Waals surface area (Å²) in [5.74, 6) is -0.394. The van der Waals surface area contributed by atoms with Gasteiger partial charge in [0, 0.05) is 12.6 Å². The van der Waals surface area contributed by atoms with Crippen LogP contribution in [0.15, 0.2) is 18.2 Å². The van der Waals surface area contributed by atoms with Crippen molar-refractivity contribution in [3.63, 3.8) is 0 Å². The number of hydrogen-bond acceptors (Lipinski definition) is 3. The lowest BCUT2D eigenvalue weighted by atomic mass is 10.0. The van der Waals surface area contributed by atoms with Crippen LogP contribution in [-0.2, 0) is 0 Å². The van der Waals surface area contributed by atoms with Crippen LogP contribution in [0.5, 0.6) is 0 Å². The van der Waals surface area contributed by atoms with Gasteiger partial charge < -0.3 is 15.3 Å². The average molecular weight is 299 g/mol. The molecule has 0 aliphatic carbocycles. The molecule has 0 saturated heterocycles. The van der Waals surface area contributed by atoms with Crippen LogP contribution in [0.1, 0.15) is 30.6 Å².